The van der Waals surface area contributed by atoms with E-state index in [1.165, 1.54) is 6.20 Å². The first-order valence-corrected chi connectivity index (χ1v) is 9.01. The number of aliphatic hydroxyl groups is 1. The molecule has 0 radical (unpaired) electrons. The molecule has 152 valence electrons. The van der Waals surface area contributed by atoms with Gasteiger partial charge >= 0.3 is 6.18 Å². The Hall–Kier alpha value is -2.17. The fourth-order valence-electron chi connectivity index (χ4n) is 3.03. The molecule has 3 heterocycles. The molecular formula is C17H19ClF3N5O2. The first kappa shape index (κ1) is 20.6. The highest BCUT2D eigenvalue weighted by molar-refractivity contribution is 6.33. The Morgan fingerprint density at radius 3 is 2.43 bits per heavy atom. The molecule has 1 atom stereocenters. The summed E-state index contributed by atoms with van der Waals surface area (Å²) in [6.07, 6.45) is -2.88. The molecule has 1 saturated heterocycles. The van der Waals surface area contributed by atoms with Crippen LogP contribution in [0.4, 0.5) is 18.9 Å². The third kappa shape index (κ3) is 4.45. The fraction of sp³-hybridized carbons (Fsp3) is 0.471. The van der Waals surface area contributed by atoms with E-state index >= 15 is 0 Å². The maximum absolute atomic E-state index is 12.7. The maximum Gasteiger partial charge on any atom is 0.417 e. The van der Waals surface area contributed by atoms with Crippen LogP contribution >= 0.6 is 11.6 Å². The molecular weight excluding hydrogens is 399 g/mol. The smallest absolute Gasteiger partial charge is 0.392 e. The minimum absolute atomic E-state index is 0.0480. The lowest BCUT2D eigenvalue weighted by Crippen LogP contribution is -2.48. The largest absolute Gasteiger partial charge is 0.417 e. The maximum atomic E-state index is 12.7. The van der Waals surface area contributed by atoms with E-state index in [4.69, 9.17) is 11.6 Å². The average Bonchev–Trinajstić information content (AvgIpc) is 2.64. The molecule has 1 aliphatic rings. The standard InChI is InChI=1S/C17H19ClF3N5O2/c1-11(27)10-24-4-6-25(7-5-24)13-9-23-26(16(28)15(13)18)14-3-2-12(8-22-14)17(19,20)21/h2-3,8-9,11,27H,4-7,10H2,1H3. The van der Waals surface area contributed by atoms with E-state index in [9.17, 15) is 23.1 Å². The molecule has 1 unspecified atom stereocenters. The molecule has 7 nitrogen and oxygen atoms in total. The molecule has 3 rings (SSSR count). The summed E-state index contributed by atoms with van der Waals surface area (Å²) in [5.74, 6) is -0.0480. The van der Waals surface area contributed by atoms with Gasteiger partial charge in [0.25, 0.3) is 5.56 Å². The molecule has 0 aromatic carbocycles. The highest BCUT2D eigenvalue weighted by Gasteiger charge is 2.31. The summed E-state index contributed by atoms with van der Waals surface area (Å²) in [5.41, 5.74) is -1.11. The Labute approximate surface area is 164 Å². The van der Waals surface area contributed by atoms with E-state index < -0.39 is 23.4 Å². The number of hydrogen-bond acceptors (Lipinski definition) is 6. The second kappa shape index (κ2) is 8.06. The molecule has 11 heteroatoms. The second-order valence-electron chi connectivity index (χ2n) is 6.60. The normalized spacial score (nSPS) is 17.0. The van der Waals surface area contributed by atoms with E-state index in [1.807, 2.05) is 4.90 Å². The van der Waals surface area contributed by atoms with Gasteiger partial charge in [-0.3, -0.25) is 9.69 Å². The minimum atomic E-state index is -4.51. The molecule has 2 aromatic rings. The van der Waals surface area contributed by atoms with Gasteiger partial charge < -0.3 is 10.0 Å². The summed E-state index contributed by atoms with van der Waals surface area (Å²) in [5, 5.41) is 13.4. The lowest BCUT2D eigenvalue weighted by atomic mass is 10.2. The molecule has 0 saturated carbocycles. The van der Waals surface area contributed by atoms with Crippen molar-refractivity contribution >= 4 is 17.3 Å². The van der Waals surface area contributed by atoms with Gasteiger partial charge in [-0.1, -0.05) is 11.6 Å². The van der Waals surface area contributed by atoms with Crippen LogP contribution in [0.25, 0.3) is 5.82 Å². The van der Waals surface area contributed by atoms with E-state index in [0.29, 0.717) is 44.6 Å². The third-order valence-electron chi connectivity index (χ3n) is 4.43. The van der Waals surface area contributed by atoms with Crippen molar-refractivity contribution in [3.8, 4) is 5.82 Å². The summed E-state index contributed by atoms with van der Waals surface area (Å²) < 4.78 is 38.8. The molecule has 0 bridgehead atoms. The second-order valence-corrected chi connectivity index (χ2v) is 6.98. The number of piperazine rings is 1. The highest BCUT2D eigenvalue weighted by Crippen LogP contribution is 2.29. The Morgan fingerprint density at radius 1 is 1.21 bits per heavy atom. The SMILES string of the molecule is CC(O)CN1CCN(c2cnn(-c3ccc(C(F)(F)F)cn3)c(=O)c2Cl)CC1. The van der Waals surface area contributed by atoms with Crippen molar-refractivity contribution in [2.24, 2.45) is 0 Å². The van der Waals surface area contributed by atoms with Gasteiger partial charge in [0.15, 0.2) is 5.82 Å². The molecule has 0 amide bonds. The Kier molecular flexibility index (Phi) is 5.92. The van der Waals surface area contributed by atoms with Crippen molar-refractivity contribution in [3.05, 3.63) is 45.5 Å². The van der Waals surface area contributed by atoms with Crippen LogP contribution in [0, 0.1) is 0 Å². The third-order valence-corrected chi connectivity index (χ3v) is 4.78. The molecule has 2 aromatic heterocycles. The van der Waals surface area contributed by atoms with Gasteiger partial charge in [-0.05, 0) is 19.1 Å². The van der Waals surface area contributed by atoms with Crippen molar-refractivity contribution < 1.29 is 18.3 Å². The van der Waals surface area contributed by atoms with Gasteiger partial charge in [0, 0.05) is 38.9 Å². The van der Waals surface area contributed by atoms with E-state index in [2.05, 4.69) is 15.0 Å². The van der Waals surface area contributed by atoms with Gasteiger partial charge in [-0.15, -0.1) is 0 Å². The number of hydrogen-bond donors (Lipinski definition) is 1. The van der Waals surface area contributed by atoms with Crippen LogP contribution in [0.3, 0.4) is 0 Å². The molecule has 1 fully saturated rings. The predicted molar refractivity (Wildman–Crippen MR) is 98.0 cm³/mol. The lowest BCUT2D eigenvalue weighted by molar-refractivity contribution is -0.137. The molecule has 28 heavy (non-hydrogen) atoms. The van der Waals surface area contributed by atoms with E-state index in [1.54, 1.807) is 6.92 Å². The van der Waals surface area contributed by atoms with Crippen LogP contribution in [0.5, 0.6) is 0 Å². The van der Waals surface area contributed by atoms with Gasteiger partial charge in [-0.2, -0.15) is 23.0 Å². The lowest BCUT2D eigenvalue weighted by Gasteiger charge is -2.36. The number of rotatable bonds is 4. The van der Waals surface area contributed by atoms with Crippen molar-refractivity contribution in [3.63, 3.8) is 0 Å². The number of halogens is 4. The van der Waals surface area contributed by atoms with Crippen molar-refractivity contribution in [2.75, 3.05) is 37.6 Å². The molecule has 0 aliphatic carbocycles. The highest BCUT2D eigenvalue weighted by atomic mass is 35.5. The fourth-order valence-corrected chi connectivity index (χ4v) is 3.28. The zero-order valence-corrected chi connectivity index (χ0v) is 15.8. The van der Waals surface area contributed by atoms with Crippen LogP contribution in [0.2, 0.25) is 5.02 Å². The minimum Gasteiger partial charge on any atom is -0.392 e. The van der Waals surface area contributed by atoms with Gasteiger partial charge in [0.05, 0.1) is 23.6 Å². The van der Waals surface area contributed by atoms with Gasteiger partial charge in [0.1, 0.15) is 5.02 Å². The molecule has 0 spiro atoms. The Morgan fingerprint density at radius 2 is 1.89 bits per heavy atom. The summed E-state index contributed by atoms with van der Waals surface area (Å²) in [7, 11) is 0. The summed E-state index contributed by atoms with van der Waals surface area (Å²) in [6, 6.07) is 1.90. The van der Waals surface area contributed by atoms with Crippen LogP contribution in [-0.4, -0.2) is 63.6 Å². The number of pyridine rings is 1. The van der Waals surface area contributed by atoms with Crippen molar-refractivity contribution in [1.82, 2.24) is 19.7 Å². The van der Waals surface area contributed by atoms with Crippen LogP contribution in [-0.2, 0) is 6.18 Å². The summed E-state index contributed by atoms with van der Waals surface area (Å²) >= 11 is 6.23. The van der Waals surface area contributed by atoms with Crippen molar-refractivity contribution in [2.45, 2.75) is 19.2 Å². The Bertz CT molecular complexity index is 878. The number of β-amino-alcohol motifs (C(OH)–C–C–N with tert-alkyl or cyclic N) is 1. The quantitative estimate of drug-likeness (QED) is 0.817. The zero-order valence-electron chi connectivity index (χ0n) is 15.0. The van der Waals surface area contributed by atoms with Crippen LogP contribution < -0.4 is 10.5 Å². The van der Waals surface area contributed by atoms with E-state index in [0.717, 1.165) is 16.8 Å². The number of alkyl halides is 3. The van der Waals surface area contributed by atoms with E-state index in [-0.39, 0.29) is 10.8 Å². The van der Waals surface area contributed by atoms with Gasteiger partial charge in [-0.25, -0.2) is 4.98 Å². The zero-order chi connectivity index (χ0) is 20.5. The average molecular weight is 418 g/mol. The number of nitrogens with zero attached hydrogens (tertiary/aromatic N) is 5. The summed E-state index contributed by atoms with van der Waals surface area (Å²) in [4.78, 5) is 20.3. The molecule has 1 N–H and O–H groups in total. The Balaban J connectivity index is 1.80. The van der Waals surface area contributed by atoms with Crippen LogP contribution in [0.1, 0.15) is 12.5 Å². The number of aliphatic hydroxyl groups excluding tert-OH is 1. The van der Waals surface area contributed by atoms with Crippen molar-refractivity contribution in [1.29, 1.82) is 0 Å². The number of aromatic nitrogens is 3. The molecule has 1 aliphatic heterocycles. The van der Waals surface area contributed by atoms with Gasteiger partial charge in [0.2, 0.25) is 0 Å². The number of anilines is 1. The van der Waals surface area contributed by atoms with Crippen LogP contribution in [0.15, 0.2) is 29.3 Å². The first-order valence-electron chi connectivity index (χ1n) is 8.63. The monoisotopic (exact) mass is 417 g/mol. The first-order chi connectivity index (χ1) is 13.2. The predicted octanol–water partition coefficient (Wildman–Crippen LogP) is 1.80. The summed E-state index contributed by atoms with van der Waals surface area (Å²) in [6.45, 7) is 4.91. The topological polar surface area (TPSA) is 74.5 Å².